The fraction of sp³-hybridized carbons (Fsp3) is 0.296. The average molecular weight is 542 g/mol. The highest BCUT2D eigenvalue weighted by Crippen LogP contribution is 2.35. The summed E-state index contributed by atoms with van der Waals surface area (Å²) in [6.45, 7) is 1.89. The second-order valence-electron chi connectivity index (χ2n) is 8.87. The summed E-state index contributed by atoms with van der Waals surface area (Å²) >= 11 is 0. The Kier molecular flexibility index (Phi) is 6.94. The van der Waals surface area contributed by atoms with Crippen molar-refractivity contribution in [2.45, 2.75) is 6.18 Å². The molecule has 204 valence electrons. The molecule has 0 radical (unpaired) electrons. The number of aromatic nitrogens is 3. The van der Waals surface area contributed by atoms with E-state index in [1.165, 1.54) is 20.3 Å². The van der Waals surface area contributed by atoms with Gasteiger partial charge in [-0.25, -0.2) is 9.50 Å². The lowest BCUT2D eigenvalue weighted by Crippen LogP contribution is -2.48. The number of benzene rings is 2. The molecule has 0 atom stereocenters. The predicted molar refractivity (Wildman–Crippen MR) is 138 cm³/mol. The molecule has 5 rings (SSSR count). The van der Waals surface area contributed by atoms with Gasteiger partial charge in [-0.3, -0.25) is 4.79 Å². The summed E-state index contributed by atoms with van der Waals surface area (Å²) in [6.07, 6.45) is -4.73. The molecule has 0 spiro atoms. The van der Waals surface area contributed by atoms with Gasteiger partial charge in [0.15, 0.2) is 28.5 Å². The number of amides is 1. The number of halogens is 3. The Morgan fingerprint density at radius 1 is 0.872 bits per heavy atom. The lowest BCUT2D eigenvalue weighted by Gasteiger charge is -2.35. The van der Waals surface area contributed by atoms with E-state index in [-0.39, 0.29) is 17.0 Å². The highest BCUT2D eigenvalue weighted by atomic mass is 19.4. The van der Waals surface area contributed by atoms with Crippen molar-refractivity contribution >= 4 is 17.2 Å². The minimum absolute atomic E-state index is 0.0570. The fourth-order valence-corrected chi connectivity index (χ4v) is 4.56. The number of nitrogens with zero attached hydrogens (tertiary/aromatic N) is 5. The summed E-state index contributed by atoms with van der Waals surface area (Å²) in [5.41, 5.74) is 0.181. The molecule has 2 aromatic heterocycles. The van der Waals surface area contributed by atoms with Crippen LogP contribution in [0.15, 0.2) is 54.6 Å². The Morgan fingerprint density at radius 2 is 1.62 bits per heavy atom. The summed E-state index contributed by atoms with van der Waals surface area (Å²) in [5.74, 6) is 1.06. The van der Waals surface area contributed by atoms with Crippen molar-refractivity contribution in [1.82, 2.24) is 19.5 Å². The Bertz CT molecular complexity index is 1510. The van der Waals surface area contributed by atoms with E-state index in [1.54, 1.807) is 30.2 Å². The van der Waals surface area contributed by atoms with E-state index in [0.29, 0.717) is 47.8 Å². The van der Waals surface area contributed by atoms with Gasteiger partial charge >= 0.3 is 6.18 Å². The Labute approximate surface area is 222 Å². The number of carbonyl (C=O) groups is 1. The van der Waals surface area contributed by atoms with Gasteiger partial charge in [0.2, 0.25) is 0 Å². The van der Waals surface area contributed by atoms with Crippen LogP contribution in [-0.4, -0.2) is 72.9 Å². The molecule has 0 saturated carbocycles. The standard InChI is InChI=1S/C27H26F3N5O4/c1-37-19-6-4-5-18(14-19)33-9-11-34(12-10-33)26(36)21-16-25-31-20(15-24(27(28,29)30)35(25)32-21)17-7-8-22(38-2)23(13-17)39-3/h4-8,13-16H,9-12H2,1-3H3. The monoisotopic (exact) mass is 541 g/mol. The third kappa shape index (κ3) is 5.14. The number of piperazine rings is 1. The van der Waals surface area contributed by atoms with Crippen LogP contribution in [0.3, 0.4) is 0 Å². The summed E-state index contributed by atoms with van der Waals surface area (Å²) in [5, 5.41) is 4.02. The van der Waals surface area contributed by atoms with Crippen molar-refractivity contribution in [3.63, 3.8) is 0 Å². The third-order valence-corrected chi connectivity index (χ3v) is 6.60. The molecule has 0 N–H and O–H groups in total. The van der Waals surface area contributed by atoms with Crippen LogP contribution in [0.1, 0.15) is 16.2 Å². The molecule has 0 aliphatic carbocycles. The molecule has 1 saturated heterocycles. The van der Waals surface area contributed by atoms with Gasteiger partial charge in [-0.05, 0) is 36.4 Å². The first-order valence-electron chi connectivity index (χ1n) is 12.1. The quantitative estimate of drug-likeness (QED) is 0.358. The Morgan fingerprint density at radius 3 is 2.28 bits per heavy atom. The maximum Gasteiger partial charge on any atom is 0.433 e. The lowest BCUT2D eigenvalue weighted by molar-refractivity contribution is -0.142. The van der Waals surface area contributed by atoms with Crippen LogP contribution >= 0.6 is 0 Å². The zero-order valence-corrected chi connectivity index (χ0v) is 21.5. The Hall–Kier alpha value is -4.48. The van der Waals surface area contributed by atoms with Gasteiger partial charge in [-0.15, -0.1) is 0 Å². The van der Waals surface area contributed by atoms with E-state index in [0.717, 1.165) is 17.5 Å². The number of carbonyl (C=O) groups excluding carboxylic acids is 1. The van der Waals surface area contributed by atoms with E-state index >= 15 is 0 Å². The van der Waals surface area contributed by atoms with E-state index in [9.17, 15) is 18.0 Å². The van der Waals surface area contributed by atoms with Crippen molar-refractivity contribution in [1.29, 1.82) is 0 Å². The van der Waals surface area contributed by atoms with Crippen LogP contribution in [0.4, 0.5) is 18.9 Å². The topological polar surface area (TPSA) is 81.4 Å². The molecule has 0 unspecified atom stereocenters. The van der Waals surface area contributed by atoms with Gasteiger partial charge in [-0.1, -0.05) is 6.07 Å². The zero-order chi connectivity index (χ0) is 27.7. The fourth-order valence-electron chi connectivity index (χ4n) is 4.56. The van der Waals surface area contributed by atoms with E-state index in [4.69, 9.17) is 14.2 Å². The van der Waals surface area contributed by atoms with Gasteiger partial charge in [0.05, 0.1) is 27.0 Å². The molecule has 1 fully saturated rings. The average Bonchev–Trinajstić information content (AvgIpc) is 3.39. The van der Waals surface area contributed by atoms with Gasteiger partial charge in [0, 0.05) is 49.6 Å². The van der Waals surface area contributed by atoms with Crippen molar-refractivity contribution in [3.8, 4) is 28.5 Å². The highest BCUT2D eigenvalue weighted by molar-refractivity contribution is 5.93. The minimum atomic E-state index is -4.73. The smallest absolute Gasteiger partial charge is 0.433 e. The number of anilines is 1. The van der Waals surface area contributed by atoms with Crippen LogP contribution < -0.4 is 19.1 Å². The highest BCUT2D eigenvalue weighted by Gasteiger charge is 2.36. The number of alkyl halides is 3. The number of hydrogen-bond acceptors (Lipinski definition) is 7. The predicted octanol–water partition coefficient (Wildman–Crippen LogP) is 4.40. The summed E-state index contributed by atoms with van der Waals surface area (Å²) < 4.78 is 58.6. The molecule has 39 heavy (non-hydrogen) atoms. The molecular formula is C27H26F3N5O4. The second-order valence-corrected chi connectivity index (χ2v) is 8.87. The van der Waals surface area contributed by atoms with Crippen LogP contribution in [0.25, 0.3) is 16.9 Å². The lowest BCUT2D eigenvalue weighted by atomic mass is 10.1. The Balaban J connectivity index is 1.43. The largest absolute Gasteiger partial charge is 0.497 e. The third-order valence-electron chi connectivity index (χ3n) is 6.60. The van der Waals surface area contributed by atoms with E-state index in [2.05, 4.69) is 15.0 Å². The zero-order valence-electron chi connectivity index (χ0n) is 21.5. The molecular weight excluding hydrogens is 515 g/mol. The van der Waals surface area contributed by atoms with Crippen molar-refractivity contribution in [3.05, 3.63) is 66.0 Å². The van der Waals surface area contributed by atoms with Crippen molar-refractivity contribution in [2.24, 2.45) is 0 Å². The molecule has 12 heteroatoms. The minimum Gasteiger partial charge on any atom is -0.497 e. The number of rotatable bonds is 6. The summed E-state index contributed by atoms with van der Waals surface area (Å²) in [7, 11) is 4.50. The molecule has 0 bridgehead atoms. The summed E-state index contributed by atoms with van der Waals surface area (Å²) in [6, 6.07) is 14.5. The van der Waals surface area contributed by atoms with Gasteiger partial charge < -0.3 is 24.0 Å². The second kappa shape index (κ2) is 10.4. The van der Waals surface area contributed by atoms with Crippen LogP contribution in [0.2, 0.25) is 0 Å². The maximum atomic E-state index is 14.1. The van der Waals surface area contributed by atoms with Gasteiger partial charge in [0.25, 0.3) is 5.91 Å². The molecule has 4 aromatic rings. The number of fused-ring (bicyclic) bond motifs is 1. The molecule has 9 nitrogen and oxygen atoms in total. The van der Waals surface area contributed by atoms with E-state index < -0.39 is 17.8 Å². The molecule has 1 aliphatic heterocycles. The van der Waals surface area contributed by atoms with Crippen LogP contribution in [-0.2, 0) is 6.18 Å². The first-order chi connectivity index (χ1) is 18.7. The van der Waals surface area contributed by atoms with Gasteiger partial charge in [-0.2, -0.15) is 18.3 Å². The van der Waals surface area contributed by atoms with Gasteiger partial charge in [0.1, 0.15) is 5.75 Å². The number of hydrogen-bond donors (Lipinski definition) is 0. The van der Waals surface area contributed by atoms with Crippen LogP contribution in [0.5, 0.6) is 17.2 Å². The molecule has 1 amide bonds. The van der Waals surface area contributed by atoms with E-state index in [1.807, 2.05) is 24.3 Å². The molecule has 3 heterocycles. The van der Waals surface area contributed by atoms with Crippen molar-refractivity contribution in [2.75, 3.05) is 52.4 Å². The first-order valence-corrected chi connectivity index (χ1v) is 12.1. The molecule has 2 aromatic carbocycles. The normalized spacial score (nSPS) is 14.0. The maximum absolute atomic E-state index is 14.1. The van der Waals surface area contributed by atoms with Crippen LogP contribution in [0, 0.1) is 0 Å². The SMILES string of the molecule is COc1cccc(N2CCN(C(=O)c3cc4nc(-c5ccc(OC)c(OC)c5)cc(C(F)(F)F)n4n3)CC2)c1. The summed E-state index contributed by atoms with van der Waals surface area (Å²) in [4.78, 5) is 21.3. The number of ether oxygens (including phenoxy) is 3. The molecule has 1 aliphatic rings. The van der Waals surface area contributed by atoms with Crippen molar-refractivity contribution < 1.29 is 32.2 Å². The number of methoxy groups -OCH3 is 3. The first kappa shape index (κ1) is 26.1.